The van der Waals surface area contributed by atoms with Crippen molar-refractivity contribution < 1.29 is 4.79 Å². The van der Waals surface area contributed by atoms with Gasteiger partial charge in [-0.05, 0) is 43.7 Å². The van der Waals surface area contributed by atoms with E-state index in [1.54, 1.807) is 18.3 Å². The average Bonchev–Trinajstić information content (AvgIpc) is 2.54. The molecule has 0 atom stereocenters. The molecule has 1 N–H and O–H groups in total. The van der Waals surface area contributed by atoms with Crippen LogP contribution < -0.4 is 10.2 Å². The number of carbonyl (C=O) groups is 1. The number of hydrogen-bond acceptors (Lipinski definition) is 3. The highest BCUT2D eigenvalue weighted by atomic mass is 16.1. The molecule has 22 heavy (non-hydrogen) atoms. The van der Waals surface area contributed by atoms with Crippen LogP contribution in [0.25, 0.3) is 0 Å². The maximum absolute atomic E-state index is 11.8. The molecular weight excluding hydrogens is 274 g/mol. The zero-order valence-corrected chi connectivity index (χ0v) is 13.0. The second-order valence-corrected chi connectivity index (χ2v) is 4.98. The summed E-state index contributed by atoms with van der Waals surface area (Å²) >= 11 is 0. The lowest BCUT2D eigenvalue weighted by Crippen LogP contribution is -2.24. The van der Waals surface area contributed by atoms with E-state index in [1.165, 1.54) is 5.56 Å². The summed E-state index contributed by atoms with van der Waals surface area (Å²) in [7, 11) is 0. The summed E-state index contributed by atoms with van der Waals surface area (Å²) in [6, 6.07) is 12.0. The Morgan fingerprint density at radius 2 is 2.14 bits per heavy atom. The minimum absolute atomic E-state index is 0.190. The number of aryl methyl sites for hydroxylation is 1. The molecule has 0 unspecified atom stereocenters. The highest BCUT2D eigenvalue weighted by Crippen LogP contribution is 2.25. The minimum atomic E-state index is -0.190. The van der Waals surface area contributed by atoms with Gasteiger partial charge in [0.05, 0.1) is 11.9 Å². The van der Waals surface area contributed by atoms with Crippen LogP contribution in [0.5, 0.6) is 0 Å². The summed E-state index contributed by atoms with van der Waals surface area (Å²) in [4.78, 5) is 18.3. The van der Waals surface area contributed by atoms with Crippen LogP contribution in [0.1, 0.15) is 23.0 Å². The summed E-state index contributed by atoms with van der Waals surface area (Å²) in [6.45, 7) is 9.00. The number of nitrogens with one attached hydrogen (secondary N) is 1. The van der Waals surface area contributed by atoms with Crippen molar-refractivity contribution in [3.8, 4) is 0 Å². The summed E-state index contributed by atoms with van der Waals surface area (Å²) in [5.41, 5.74) is 3.71. The van der Waals surface area contributed by atoms with E-state index in [2.05, 4.69) is 53.8 Å². The molecule has 114 valence electrons. The molecule has 0 bridgehead atoms. The SMILES string of the molecule is C=CCNC(=O)c1ccc(N(CC)c2cccc(C)c2)cn1. The summed E-state index contributed by atoms with van der Waals surface area (Å²) in [5.74, 6) is -0.190. The topological polar surface area (TPSA) is 45.2 Å². The summed E-state index contributed by atoms with van der Waals surface area (Å²) in [6.07, 6.45) is 3.37. The van der Waals surface area contributed by atoms with E-state index >= 15 is 0 Å². The van der Waals surface area contributed by atoms with E-state index in [1.807, 2.05) is 12.1 Å². The second kappa shape index (κ2) is 7.41. The van der Waals surface area contributed by atoms with Gasteiger partial charge in [-0.25, -0.2) is 4.98 Å². The van der Waals surface area contributed by atoms with E-state index in [-0.39, 0.29) is 5.91 Å². The Kier molecular flexibility index (Phi) is 5.31. The summed E-state index contributed by atoms with van der Waals surface area (Å²) < 4.78 is 0. The first-order chi connectivity index (χ1) is 10.7. The van der Waals surface area contributed by atoms with Gasteiger partial charge in [-0.15, -0.1) is 6.58 Å². The molecule has 0 aliphatic heterocycles. The zero-order valence-electron chi connectivity index (χ0n) is 13.0. The van der Waals surface area contributed by atoms with Crippen LogP contribution in [-0.2, 0) is 0 Å². The molecule has 0 radical (unpaired) electrons. The number of carbonyl (C=O) groups excluding carboxylic acids is 1. The van der Waals surface area contributed by atoms with Crippen LogP contribution in [0.4, 0.5) is 11.4 Å². The molecule has 4 heteroatoms. The van der Waals surface area contributed by atoms with E-state index in [4.69, 9.17) is 0 Å². The second-order valence-electron chi connectivity index (χ2n) is 4.98. The van der Waals surface area contributed by atoms with Crippen molar-refractivity contribution in [1.82, 2.24) is 10.3 Å². The van der Waals surface area contributed by atoms with Crippen molar-refractivity contribution in [2.75, 3.05) is 18.0 Å². The van der Waals surface area contributed by atoms with E-state index in [0.717, 1.165) is 17.9 Å². The lowest BCUT2D eigenvalue weighted by molar-refractivity contribution is 0.0953. The van der Waals surface area contributed by atoms with E-state index in [0.29, 0.717) is 12.2 Å². The number of anilines is 2. The van der Waals surface area contributed by atoms with Crippen LogP contribution in [0.3, 0.4) is 0 Å². The first kappa shape index (κ1) is 15.8. The fourth-order valence-electron chi connectivity index (χ4n) is 2.25. The fraction of sp³-hybridized carbons (Fsp3) is 0.222. The molecule has 0 saturated carbocycles. The molecule has 1 amide bonds. The van der Waals surface area contributed by atoms with Gasteiger partial charge in [-0.2, -0.15) is 0 Å². The molecule has 1 aromatic heterocycles. The van der Waals surface area contributed by atoms with Gasteiger partial charge in [0.25, 0.3) is 5.91 Å². The van der Waals surface area contributed by atoms with Gasteiger partial charge >= 0.3 is 0 Å². The third-order valence-corrected chi connectivity index (χ3v) is 3.33. The smallest absolute Gasteiger partial charge is 0.270 e. The molecule has 4 nitrogen and oxygen atoms in total. The number of aromatic nitrogens is 1. The minimum Gasteiger partial charge on any atom is -0.347 e. The number of benzene rings is 1. The maximum Gasteiger partial charge on any atom is 0.270 e. The van der Waals surface area contributed by atoms with Crippen LogP contribution in [0, 0.1) is 6.92 Å². The molecule has 0 aliphatic rings. The van der Waals surface area contributed by atoms with Crippen molar-refractivity contribution >= 4 is 17.3 Å². The Labute approximate surface area is 131 Å². The Morgan fingerprint density at radius 1 is 1.32 bits per heavy atom. The quantitative estimate of drug-likeness (QED) is 0.830. The number of rotatable bonds is 6. The third-order valence-electron chi connectivity index (χ3n) is 3.33. The van der Waals surface area contributed by atoms with Crippen molar-refractivity contribution in [1.29, 1.82) is 0 Å². The van der Waals surface area contributed by atoms with Crippen molar-refractivity contribution in [2.45, 2.75) is 13.8 Å². The van der Waals surface area contributed by atoms with Gasteiger partial charge < -0.3 is 10.2 Å². The first-order valence-electron chi connectivity index (χ1n) is 7.35. The van der Waals surface area contributed by atoms with Crippen LogP contribution in [0.2, 0.25) is 0 Å². The van der Waals surface area contributed by atoms with Crippen LogP contribution in [0.15, 0.2) is 55.3 Å². The zero-order chi connectivity index (χ0) is 15.9. The Balaban J connectivity index is 2.20. The van der Waals surface area contributed by atoms with Gasteiger partial charge in [-0.3, -0.25) is 4.79 Å². The number of amides is 1. The number of nitrogens with zero attached hydrogens (tertiary/aromatic N) is 2. The molecule has 1 aromatic carbocycles. The highest BCUT2D eigenvalue weighted by molar-refractivity contribution is 5.92. The molecule has 0 saturated heterocycles. The molecule has 2 aromatic rings. The van der Waals surface area contributed by atoms with Crippen LogP contribution >= 0.6 is 0 Å². The molecular formula is C18H21N3O. The van der Waals surface area contributed by atoms with Crippen molar-refractivity contribution in [3.63, 3.8) is 0 Å². The summed E-state index contributed by atoms with van der Waals surface area (Å²) in [5, 5.41) is 2.72. The third kappa shape index (κ3) is 3.73. The van der Waals surface area contributed by atoms with Gasteiger partial charge in [0.1, 0.15) is 5.69 Å². The monoisotopic (exact) mass is 295 g/mol. The molecule has 0 spiro atoms. The normalized spacial score (nSPS) is 10.1. The Hall–Kier alpha value is -2.62. The largest absolute Gasteiger partial charge is 0.347 e. The van der Waals surface area contributed by atoms with Crippen molar-refractivity contribution in [3.05, 3.63) is 66.5 Å². The predicted molar refractivity (Wildman–Crippen MR) is 90.6 cm³/mol. The number of pyridine rings is 1. The molecule has 2 rings (SSSR count). The van der Waals surface area contributed by atoms with Crippen molar-refractivity contribution in [2.24, 2.45) is 0 Å². The predicted octanol–water partition coefficient (Wildman–Crippen LogP) is 3.46. The Morgan fingerprint density at radius 3 is 2.73 bits per heavy atom. The van der Waals surface area contributed by atoms with Gasteiger partial charge in [-0.1, -0.05) is 18.2 Å². The van der Waals surface area contributed by atoms with Gasteiger partial charge in [0.2, 0.25) is 0 Å². The lowest BCUT2D eigenvalue weighted by Gasteiger charge is -2.23. The van der Waals surface area contributed by atoms with Gasteiger partial charge in [0.15, 0.2) is 0 Å². The van der Waals surface area contributed by atoms with Gasteiger partial charge in [0, 0.05) is 18.8 Å². The van der Waals surface area contributed by atoms with E-state index in [9.17, 15) is 4.79 Å². The molecule has 1 heterocycles. The Bertz CT molecular complexity index is 650. The lowest BCUT2D eigenvalue weighted by atomic mass is 10.2. The van der Waals surface area contributed by atoms with E-state index < -0.39 is 0 Å². The standard InChI is InChI=1S/C18H21N3O/c1-4-11-19-18(22)17-10-9-16(13-20-17)21(5-2)15-8-6-7-14(3)12-15/h4,6-10,12-13H,1,5,11H2,2-3H3,(H,19,22). The average molecular weight is 295 g/mol. The van der Waals surface area contributed by atoms with Crippen LogP contribution in [-0.4, -0.2) is 24.0 Å². The molecule has 0 aliphatic carbocycles. The number of hydrogen-bond donors (Lipinski definition) is 1. The molecule has 0 fully saturated rings. The maximum atomic E-state index is 11.8. The fourth-order valence-corrected chi connectivity index (χ4v) is 2.25. The first-order valence-corrected chi connectivity index (χ1v) is 7.35. The highest BCUT2D eigenvalue weighted by Gasteiger charge is 2.10.